The Bertz CT molecular complexity index is 546. The van der Waals surface area contributed by atoms with E-state index < -0.39 is 0 Å². The van der Waals surface area contributed by atoms with E-state index in [2.05, 4.69) is 15.2 Å². The largest absolute Gasteiger partial charge is 0.293 e. The molecule has 0 bridgehead atoms. The second-order valence-corrected chi connectivity index (χ2v) is 5.24. The predicted octanol–water partition coefficient (Wildman–Crippen LogP) is 3.28. The topological polar surface area (TPSA) is 58.6 Å². The highest BCUT2D eigenvalue weighted by molar-refractivity contribution is 8.93. The molecule has 0 amide bonds. The average Bonchev–Trinajstić information content (AvgIpc) is 2.77. The van der Waals surface area contributed by atoms with Gasteiger partial charge in [0.25, 0.3) is 0 Å². The van der Waals surface area contributed by atoms with Crippen LogP contribution in [0, 0.1) is 20.8 Å². The molecule has 0 radical (unpaired) electrons. The summed E-state index contributed by atoms with van der Waals surface area (Å²) in [4.78, 5) is 16.2. The first-order valence-electron chi connectivity index (χ1n) is 5.67. The lowest BCUT2D eigenvalue weighted by Gasteiger charge is -2.09. The number of hydrogen-bond donors (Lipinski definition) is 1. The van der Waals surface area contributed by atoms with Crippen LogP contribution in [0.2, 0.25) is 0 Å². The molecular formula is C13H16BrN3OS. The van der Waals surface area contributed by atoms with Crippen LogP contribution in [0.5, 0.6) is 0 Å². The molecule has 1 N–H and O–H groups in total. The van der Waals surface area contributed by atoms with Crippen LogP contribution in [0.4, 0.5) is 0 Å². The number of halogens is 1. The maximum absolute atomic E-state index is 12.2. The number of thioether (sulfide) groups is 1. The molecule has 102 valence electrons. The summed E-state index contributed by atoms with van der Waals surface area (Å²) in [6.07, 6.45) is 1.44. The molecule has 1 aromatic carbocycles. The summed E-state index contributed by atoms with van der Waals surface area (Å²) in [5.74, 6) is 0.506. The minimum atomic E-state index is 0. The molecule has 0 aliphatic heterocycles. The maximum atomic E-state index is 12.2. The Morgan fingerprint density at radius 1 is 1.26 bits per heavy atom. The van der Waals surface area contributed by atoms with Gasteiger partial charge in [0.05, 0.1) is 5.75 Å². The Balaban J connectivity index is 0.00000180. The fourth-order valence-corrected chi connectivity index (χ4v) is 2.74. The lowest BCUT2D eigenvalue weighted by Crippen LogP contribution is -2.08. The molecule has 0 fully saturated rings. The Morgan fingerprint density at radius 2 is 1.89 bits per heavy atom. The summed E-state index contributed by atoms with van der Waals surface area (Å²) in [7, 11) is 0. The molecule has 4 nitrogen and oxygen atoms in total. The second kappa shape index (κ2) is 6.86. The summed E-state index contributed by atoms with van der Waals surface area (Å²) in [5, 5.41) is 7.16. The normalized spacial score (nSPS) is 10.1. The highest BCUT2D eigenvalue weighted by atomic mass is 79.9. The molecule has 6 heteroatoms. The number of benzene rings is 1. The van der Waals surface area contributed by atoms with E-state index in [4.69, 9.17) is 0 Å². The number of H-pyrrole nitrogens is 1. The van der Waals surface area contributed by atoms with Crippen molar-refractivity contribution in [3.05, 3.63) is 40.7 Å². The van der Waals surface area contributed by atoms with Crippen LogP contribution in [0.3, 0.4) is 0 Å². The molecule has 0 aliphatic carbocycles. The van der Waals surface area contributed by atoms with Gasteiger partial charge in [-0.1, -0.05) is 29.5 Å². The van der Waals surface area contributed by atoms with Crippen molar-refractivity contribution in [3.63, 3.8) is 0 Å². The van der Waals surface area contributed by atoms with Crippen molar-refractivity contribution in [2.24, 2.45) is 0 Å². The number of carbonyl (C=O) groups excluding carboxylic acids is 1. The van der Waals surface area contributed by atoms with Gasteiger partial charge < -0.3 is 0 Å². The van der Waals surface area contributed by atoms with E-state index in [1.165, 1.54) is 23.7 Å². The summed E-state index contributed by atoms with van der Waals surface area (Å²) < 4.78 is 0. The van der Waals surface area contributed by atoms with Gasteiger partial charge in [-0.05, 0) is 31.9 Å². The minimum absolute atomic E-state index is 0. The number of aromatic nitrogens is 3. The quantitative estimate of drug-likeness (QED) is 0.684. The van der Waals surface area contributed by atoms with Crippen LogP contribution in [-0.2, 0) is 0 Å². The number of nitrogens with one attached hydrogen (secondary N) is 1. The third-order valence-corrected chi connectivity index (χ3v) is 3.57. The minimum Gasteiger partial charge on any atom is -0.293 e. The predicted molar refractivity (Wildman–Crippen MR) is 82.4 cm³/mol. The zero-order valence-electron chi connectivity index (χ0n) is 11.1. The fraction of sp³-hybridized carbons (Fsp3) is 0.308. The number of aryl methyl sites for hydroxylation is 3. The molecular weight excluding hydrogens is 326 g/mol. The Labute approximate surface area is 127 Å². The van der Waals surface area contributed by atoms with E-state index in [0.29, 0.717) is 10.9 Å². The molecule has 0 atom stereocenters. The number of rotatable bonds is 4. The Hall–Kier alpha value is -1.14. The summed E-state index contributed by atoms with van der Waals surface area (Å²) in [5.41, 5.74) is 4.09. The molecule has 2 rings (SSSR count). The maximum Gasteiger partial charge on any atom is 0.183 e. The molecule has 1 heterocycles. The van der Waals surface area contributed by atoms with E-state index in [0.717, 1.165) is 16.7 Å². The number of nitrogens with zero attached hydrogens (tertiary/aromatic N) is 2. The summed E-state index contributed by atoms with van der Waals surface area (Å²) in [6.45, 7) is 6.00. The van der Waals surface area contributed by atoms with Crippen LogP contribution in [0.25, 0.3) is 0 Å². The first kappa shape index (κ1) is 15.9. The molecule has 2 aromatic rings. The van der Waals surface area contributed by atoms with Gasteiger partial charge in [-0.25, -0.2) is 4.98 Å². The Morgan fingerprint density at radius 3 is 2.42 bits per heavy atom. The van der Waals surface area contributed by atoms with Crippen molar-refractivity contribution < 1.29 is 4.79 Å². The van der Waals surface area contributed by atoms with Gasteiger partial charge in [0.15, 0.2) is 10.9 Å². The van der Waals surface area contributed by atoms with Crippen LogP contribution < -0.4 is 0 Å². The van der Waals surface area contributed by atoms with Gasteiger partial charge in [0, 0.05) is 5.56 Å². The van der Waals surface area contributed by atoms with Crippen molar-refractivity contribution >= 4 is 34.5 Å². The summed E-state index contributed by atoms with van der Waals surface area (Å²) in [6, 6.07) is 4.08. The third kappa shape index (κ3) is 3.91. The molecule has 0 aliphatic rings. The lowest BCUT2D eigenvalue weighted by atomic mass is 9.97. The molecule has 19 heavy (non-hydrogen) atoms. The molecule has 0 saturated carbocycles. The van der Waals surface area contributed by atoms with E-state index in [-0.39, 0.29) is 22.8 Å². The van der Waals surface area contributed by atoms with Crippen LogP contribution in [-0.4, -0.2) is 26.7 Å². The lowest BCUT2D eigenvalue weighted by molar-refractivity contribution is 0.102. The van der Waals surface area contributed by atoms with E-state index >= 15 is 0 Å². The third-order valence-electron chi connectivity index (χ3n) is 2.69. The number of aromatic amines is 1. The molecule has 0 saturated heterocycles. The number of hydrogen-bond acceptors (Lipinski definition) is 4. The second-order valence-electron chi connectivity index (χ2n) is 4.28. The zero-order valence-corrected chi connectivity index (χ0v) is 13.6. The van der Waals surface area contributed by atoms with Gasteiger partial charge in [0.2, 0.25) is 0 Å². The van der Waals surface area contributed by atoms with Crippen molar-refractivity contribution in [2.45, 2.75) is 25.9 Å². The zero-order chi connectivity index (χ0) is 13.1. The van der Waals surface area contributed by atoms with Gasteiger partial charge in [-0.15, -0.1) is 17.0 Å². The van der Waals surface area contributed by atoms with E-state index in [1.54, 1.807) is 0 Å². The first-order chi connectivity index (χ1) is 8.58. The SMILES string of the molecule is Br.Cc1cc(C)c(C(=O)CSc2ncn[nH]2)c(C)c1. The monoisotopic (exact) mass is 341 g/mol. The standard InChI is InChI=1S/C13H15N3OS.BrH/c1-8-4-9(2)12(10(3)5-8)11(17)6-18-13-14-7-15-16-13;/h4-5,7H,6H2,1-3H3,(H,14,15,16);1H. The molecule has 0 spiro atoms. The highest BCUT2D eigenvalue weighted by Crippen LogP contribution is 2.20. The van der Waals surface area contributed by atoms with Crippen molar-refractivity contribution in [3.8, 4) is 0 Å². The van der Waals surface area contributed by atoms with Gasteiger partial charge in [-0.3, -0.25) is 9.89 Å². The fourth-order valence-electron chi connectivity index (χ4n) is 2.09. The van der Waals surface area contributed by atoms with Gasteiger partial charge in [-0.2, -0.15) is 5.10 Å². The number of carbonyl (C=O) groups is 1. The first-order valence-corrected chi connectivity index (χ1v) is 6.65. The average molecular weight is 342 g/mol. The van der Waals surface area contributed by atoms with Gasteiger partial charge >= 0.3 is 0 Å². The smallest absolute Gasteiger partial charge is 0.183 e. The van der Waals surface area contributed by atoms with Crippen molar-refractivity contribution in [1.82, 2.24) is 15.2 Å². The Kier molecular flexibility index (Phi) is 5.75. The number of Topliss-reactive ketones (excluding diaryl/α,β-unsaturated/α-hetero) is 1. The van der Waals surface area contributed by atoms with Crippen molar-refractivity contribution in [2.75, 3.05) is 5.75 Å². The van der Waals surface area contributed by atoms with Crippen LogP contribution in [0.1, 0.15) is 27.0 Å². The summed E-state index contributed by atoms with van der Waals surface area (Å²) >= 11 is 1.37. The highest BCUT2D eigenvalue weighted by Gasteiger charge is 2.13. The molecule has 0 unspecified atom stereocenters. The van der Waals surface area contributed by atoms with Crippen molar-refractivity contribution in [1.29, 1.82) is 0 Å². The molecule has 1 aromatic heterocycles. The van der Waals surface area contributed by atoms with Gasteiger partial charge in [0.1, 0.15) is 6.33 Å². The van der Waals surface area contributed by atoms with E-state index in [1.807, 2.05) is 32.9 Å². The van der Waals surface area contributed by atoms with E-state index in [9.17, 15) is 4.79 Å². The number of ketones is 1. The van der Waals surface area contributed by atoms with Crippen LogP contribution in [0.15, 0.2) is 23.6 Å². The van der Waals surface area contributed by atoms with Crippen LogP contribution >= 0.6 is 28.7 Å².